The maximum absolute atomic E-state index is 10.8. The fourth-order valence-corrected chi connectivity index (χ4v) is 2.96. The quantitative estimate of drug-likeness (QED) is 0.342. The highest BCUT2D eigenvalue weighted by Crippen LogP contribution is 2.27. The van der Waals surface area contributed by atoms with Gasteiger partial charge in [0.25, 0.3) is 5.69 Å². The third-order valence-corrected chi connectivity index (χ3v) is 4.15. The molecule has 0 radical (unpaired) electrons. The number of benzene rings is 2. The second kappa shape index (κ2) is 5.91. The van der Waals surface area contributed by atoms with E-state index in [1.54, 1.807) is 22.9 Å². The molecule has 2 aromatic heterocycles. The molecule has 0 atom stereocenters. The summed E-state index contributed by atoms with van der Waals surface area (Å²) in [4.78, 5) is 14.8. The maximum Gasteiger partial charge on any atom is 0.269 e. The number of aromatic nitrogens is 4. The minimum absolute atomic E-state index is 0.0267. The summed E-state index contributed by atoms with van der Waals surface area (Å²) in [7, 11) is 0. The van der Waals surface area contributed by atoms with Crippen LogP contribution >= 0.6 is 12.2 Å². The Hall–Kier alpha value is -3.39. The van der Waals surface area contributed by atoms with Crippen molar-refractivity contribution < 1.29 is 4.92 Å². The van der Waals surface area contributed by atoms with Crippen LogP contribution in [0.15, 0.2) is 60.8 Å². The Morgan fingerprint density at radius 3 is 2.64 bits per heavy atom. The number of fused-ring (bicyclic) bond motifs is 1. The highest BCUT2D eigenvalue weighted by molar-refractivity contribution is 7.71. The van der Waals surface area contributed by atoms with Gasteiger partial charge in [0.05, 0.1) is 16.1 Å². The molecule has 0 aliphatic carbocycles. The Kier molecular flexibility index (Phi) is 3.58. The van der Waals surface area contributed by atoms with Gasteiger partial charge in [0, 0.05) is 29.3 Å². The predicted octanol–water partition coefficient (Wildman–Crippen LogP) is 4.05. The van der Waals surface area contributed by atoms with Gasteiger partial charge in [-0.3, -0.25) is 24.8 Å². The molecule has 25 heavy (non-hydrogen) atoms. The van der Waals surface area contributed by atoms with Crippen LogP contribution in [0.5, 0.6) is 0 Å². The van der Waals surface area contributed by atoms with Crippen LogP contribution in [0.2, 0.25) is 0 Å². The van der Waals surface area contributed by atoms with Crippen molar-refractivity contribution in [3.63, 3.8) is 0 Å². The van der Waals surface area contributed by atoms with Crippen LogP contribution in [0.1, 0.15) is 0 Å². The topological polar surface area (TPSA) is 89.6 Å². The summed E-state index contributed by atoms with van der Waals surface area (Å²) in [5.74, 6) is 0.580. The predicted molar refractivity (Wildman–Crippen MR) is 96.1 cm³/mol. The molecule has 8 heteroatoms. The number of hydrogen-bond donors (Lipinski definition) is 1. The summed E-state index contributed by atoms with van der Waals surface area (Å²) in [5.41, 5.74) is 2.44. The van der Waals surface area contributed by atoms with Crippen molar-refractivity contribution in [2.24, 2.45) is 0 Å². The van der Waals surface area contributed by atoms with E-state index >= 15 is 0 Å². The van der Waals surface area contributed by atoms with Gasteiger partial charge in [-0.25, -0.2) is 0 Å². The van der Waals surface area contributed by atoms with Crippen LogP contribution in [0.3, 0.4) is 0 Å². The molecule has 0 saturated heterocycles. The standard InChI is InChI=1S/C17H11N5O2S/c23-22(24)12-8-6-11(7-9-12)16-19-20-17(25)21(16)15-5-1-4-14-13(15)3-2-10-18-14/h1-10H,(H,20,25). The Morgan fingerprint density at radius 2 is 1.88 bits per heavy atom. The summed E-state index contributed by atoms with van der Waals surface area (Å²) < 4.78 is 2.24. The van der Waals surface area contributed by atoms with Crippen LogP contribution in [0, 0.1) is 14.9 Å². The van der Waals surface area contributed by atoms with E-state index in [-0.39, 0.29) is 5.69 Å². The lowest BCUT2D eigenvalue weighted by molar-refractivity contribution is -0.384. The number of aromatic amines is 1. The summed E-state index contributed by atoms with van der Waals surface area (Å²) in [6.07, 6.45) is 1.73. The first kappa shape index (κ1) is 15.2. The van der Waals surface area contributed by atoms with Crippen LogP contribution < -0.4 is 0 Å². The van der Waals surface area contributed by atoms with Gasteiger partial charge < -0.3 is 0 Å². The number of H-pyrrole nitrogens is 1. The fourth-order valence-electron chi connectivity index (χ4n) is 2.73. The van der Waals surface area contributed by atoms with E-state index in [4.69, 9.17) is 12.2 Å². The number of non-ortho nitro benzene ring substituents is 1. The zero-order valence-corrected chi connectivity index (χ0v) is 13.6. The van der Waals surface area contributed by atoms with Crippen molar-refractivity contribution >= 4 is 28.8 Å². The average molecular weight is 349 g/mol. The lowest BCUT2D eigenvalue weighted by atomic mass is 10.1. The highest BCUT2D eigenvalue weighted by Gasteiger charge is 2.14. The van der Waals surface area contributed by atoms with Crippen molar-refractivity contribution in [3.05, 3.63) is 75.7 Å². The molecule has 0 fully saturated rings. The maximum atomic E-state index is 10.8. The van der Waals surface area contributed by atoms with Crippen molar-refractivity contribution in [2.45, 2.75) is 0 Å². The minimum atomic E-state index is -0.433. The third-order valence-electron chi connectivity index (χ3n) is 3.87. The van der Waals surface area contributed by atoms with Gasteiger partial charge in [0.1, 0.15) is 0 Å². The monoisotopic (exact) mass is 349 g/mol. The van der Waals surface area contributed by atoms with Crippen LogP contribution in [0.25, 0.3) is 28.0 Å². The Balaban J connectivity index is 1.93. The number of nitro groups is 1. The van der Waals surface area contributed by atoms with Crippen LogP contribution in [-0.2, 0) is 0 Å². The highest BCUT2D eigenvalue weighted by atomic mass is 32.1. The largest absolute Gasteiger partial charge is 0.269 e. The SMILES string of the molecule is O=[N+]([O-])c1ccc(-c2n[nH]c(=S)n2-c2cccc3ncccc23)cc1. The second-order valence-electron chi connectivity index (χ2n) is 5.34. The molecule has 0 aliphatic heterocycles. The van der Waals surface area contributed by atoms with Gasteiger partial charge in [0.15, 0.2) is 10.6 Å². The first-order valence-corrected chi connectivity index (χ1v) is 7.82. The molecule has 0 bridgehead atoms. The van der Waals surface area contributed by atoms with Crippen LogP contribution in [-0.4, -0.2) is 24.7 Å². The molecule has 0 aliphatic rings. The van der Waals surface area contributed by atoms with Crippen molar-refractivity contribution in [1.29, 1.82) is 0 Å². The van der Waals surface area contributed by atoms with Crippen molar-refractivity contribution in [1.82, 2.24) is 19.7 Å². The summed E-state index contributed by atoms with van der Waals surface area (Å²) in [5, 5.41) is 18.9. The van der Waals surface area contributed by atoms with Gasteiger partial charge in [-0.15, -0.1) is 0 Å². The normalized spacial score (nSPS) is 10.9. The van der Waals surface area contributed by atoms with Gasteiger partial charge in [-0.1, -0.05) is 6.07 Å². The number of nitro benzene ring substituents is 1. The molecule has 0 saturated carbocycles. The number of nitrogens with one attached hydrogen (secondary N) is 1. The lowest BCUT2D eigenvalue weighted by Crippen LogP contribution is -1.99. The number of nitrogens with zero attached hydrogens (tertiary/aromatic N) is 4. The summed E-state index contributed by atoms with van der Waals surface area (Å²) in [6, 6.07) is 15.8. The molecule has 2 heterocycles. The van der Waals surface area contributed by atoms with E-state index < -0.39 is 4.92 Å². The molecular formula is C17H11N5O2S. The smallest absolute Gasteiger partial charge is 0.267 e. The first-order valence-electron chi connectivity index (χ1n) is 7.41. The number of hydrogen-bond acceptors (Lipinski definition) is 5. The van der Waals surface area contributed by atoms with Gasteiger partial charge in [-0.05, 0) is 48.6 Å². The zero-order valence-electron chi connectivity index (χ0n) is 12.8. The fraction of sp³-hybridized carbons (Fsp3) is 0. The Bertz CT molecular complexity index is 1140. The molecule has 122 valence electrons. The molecule has 1 N–H and O–H groups in total. The minimum Gasteiger partial charge on any atom is -0.267 e. The third kappa shape index (κ3) is 2.58. The van der Waals surface area contributed by atoms with Gasteiger partial charge in [-0.2, -0.15) is 5.10 Å². The van der Waals surface area contributed by atoms with Gasteiger partial charge >= 0.3 is 0 Å². The van der Waals surface area contributed by atoms with Crippen molar-refractivity contribution in [2.75, 3.05) is 0 Å². The lowest BCUT2D eigenvalue weighted by Gasteiger charge is -2.10. The molecule has 0 amide bonds. The van der Waals surface area contributed by atoms with E-state index in [1.165, 1.54) is 12.1 Å². The summed E-state index contributed by atoms with van der Waals surface area (Å²) >= 11 is 5.40. The van der Waals surface area contributed by atoms with Crippen molar-refractivity contribution in [3.8, 4) is 17.1 Å². The first-order chi connectivity index (χ1) is 12.1. The summed E-state index contributed by atoms with van der Waals surface area (Å²) in [6.45, 7) is 0. The van der Waals surface area contributed by atoms with E-state index in [9.17, 15) is 10.1 Å². The molecular weight excluding hydrogens is 338 g/mol. The number of rotatable bonds is 3. The molecule has 2 aromatic carbocycles. The molecule has 4 rings (SSSR count). The molecule has 0 unspecified atom stereocenters. The van der Waals surface area contributed by atoms with E-state index in [0.29, 0.717) is 10.6 Å². The molecule has 0 spiro atoms. The van der Waals surface area contributed by atoms with E-state index in [0.717, 1.165) is 22.2 Å². The average Bonchev–Trinajstić information content (AvgIpc) is 3.02. The van der Waals surface area contributed by atoms with Gasteiger partial charge in [0.2, 0.25) is 0 Å². The Labute approximate surface area is 146 Å². The Morgan fingerprint density at radius 1 is 1.08 bits per heavy atom. The van der Waals surface area contributed by atoms with Crippen LogP contribution in [0.4, 0.5) is 5.69 Å². The second-order valence-corrected chi connectivity index (χ2v) is 5.73. The van der Waals surface area contributed by atoms with E-state index in [1.807, 2.05) is 30.3 Å². The molecule has 7 nitrogen and oxygen atoms in total. The molecule has 4 aromatic rings. The zero-order chi connectivity index (χ0) is 17.4. The van der Waals surface area contributed by atoms with E-state index in [2.05, 4.69) is 15.2 Å². The number of pyridine rings is 1.